The van der Waals surface area contributed by atoms with Gasteiger partial charge in [-0.25, -0.2) is 0 Å². The lowest BCUT2D eigenvalue weighted by molar-refractivity contribution is 0.152. The first-order valence-electron chi connectivity index (χ1n) is 9.06. The summed E-state index contributed by atoms with van der Waals surface area (Å²) in [5.41, 5.74) is 0.501. The smallest absolute Gasteiger partial charge is 0.0328 e. The molecule has 0 nitrogen and oxygen atoms in total. The molecule has 0 saturated heterocycles. The second-order valence-corrected chi connectivity index (χ2v) is 9.00. The lowest BCUT2D eigenvalue weighted by Crippen LogP contribution is -2.25. The molecule has 0 aliphatic carbocycles. The molecule has 3 unspecified atom stereocenters. The van der Waals surface area contributed by atoms with E-state index in [4.69, 9.17) is 0 Å². The van der Waals surface area contributed by atoms with E-state index in [9.17, 15) is 0 Å². The molecule has 0 radical (unpaired) electrons. The van der Waals surface area contributed by atoms with Crippen LogP contribution >= 0.6 is 0 Å². The molecule has 0 saturated carbocycles. The van der Waals surface area contributed by atoms with E-state index in [2.05, 4.69) is 62.3 Å². The monoisotopic (exact) mass is 282 g/mol. The largest absolute Gasteiger partial charge is 0.0628 e. The molecule has 0 amide bonds. The molecule has 0 heterocycles. The van der Waals surface area contributed by atoms with Crippen LogP contribution in [0.3, 0.4) is 0 Å². The summed E-state index contributed by atoms with van der Waals surface area (Å²) < 4.78 is 0. The van der Waals surface area contributed by atoms with Gasteiger partial charge in [-0.3, -0.25) is 0 Å². The standard InChI is InChI=1S/C20H42/c1-15(2)11-10-12-20(8,9)19(7)14-18(6)17(5)13-16(3)4/h15-19H,10-14H2,1-9H3. The van der Waals surface area contributed by atoms with Gasteiger partial charge in [0.25, 0.3) is 0 Å². The van der Waals surface area contributed by atoms with Crippen LogP contribution in [0.4, 0.5) is 0 Å². The van der Waals surface area contributed by atoms with Crippen LogP contribution in [0.15, 0.2) is 0 Å². The highest BCUT2D eigenvalue weighted by molar-refractivity contribution is 4.78. The summed E-state index contributed by atoms with van der Waals surface area (Å²) in [4.78, 5) is 0. The molecule has 0 heteroatoms. The van der Waals surface area contributed by atoms with Crippen molar-refractivity contribution in [2.75, 3.05) is 0 Å². The Balaban J connectivity index is 4.24. The summed E-state index contributed by atoms with van der Waals surface area (Å²) in [7, 11) is 0. The average molecular weight is 283 g/mol. The van der Waals surface area contributed by atoms with Gasteiger partial charge in [0.15, 0.2) is 0 Å². The molecule has 0 aliphatic heterocycles. The molecule has 0 aliphatic rings. The highest BCUT2D eigenvalue weighted by Crippen LogP contribution is 2.38. The molecule has 3 atom stereocenters. The van der Waals surface area contributed by atoms with Crippen molar-refractivity contribution >= 4 is 0 Å². The quantitative estimate of drug-likeness (QED) is 0.398. The predicted octanol–water partition coefficient (Wildman–Crippen LogP) is 7.18. The van der Waals surface area contributed by atoms with Crippen LogP contribution in [0.2, 0.25) is 0 Å². The van der Waals surface area contributed by atoms with Crippen molar-refractivity contribution in [1.29, 1.82) is 0 Å². The van der Waals surface area contributed by atoms with E-state index in [-0.39, 0.29) is 0 Å². The first-order chi connectivity index (χ1) is 9.06. The zero-order valence-electron chi connectivity index (χ0n) is 15.9. The normalized spacial score (nSPS) is 17.6. The van der Waals surface area contributed by atoms with Crippen LogP contribution in [0, 0.1) is 35.0 Å². The predicted molar refractivity (Wildman–Crippen MR) is 94.0 cm³/mol. The van der Waals surface area contributed by atoms with Crippen LogP contribution in [0.25, 0.3) is 0 Å². The topological polar surface area (TPSA) is 0 Å². The number of hydrogen-bond acceptors (Lipinski definition) is 0. The molecule has 122 valence electrons. The lowest BCUT2D eigenvalue weighted by atomic mass is 9.70. The minimum atomic E-state index is 0.501. The third-order valence-electron chi connectivity index (χ3n) is 5.48. The summed E-state index contributed by atoms with van der Waals surface area (Å²) in [6.07, 6.45) is 6.93. The maximum Gasteiger partial charge on any atom is -0.0328 e. The van der Waals surface area contributed by atoms with E-state index in [1.54, 1.807) is 0 Å². The molecular formula is C20H42. The Kier molecular flexibility index (Phi) is 9.11. The molecule has 0 spiro atoms. The fraction of sp³-hybridized carbons (Fsp3) is 1.00. The summed E-state index contributed by atoms with van der Waals surface area (Å²) in [5.74, 6) is 4.24. The van der Waals surface area contributed by atoms with Gasteiger partial charge in [-0.2, -0.15) is 0 Å². The highest BCUT2D eigenvalue weighted by atomic mass is 14.3. The zero-order chi connectivity index (χ0) is 15.9. The van der Waals surface area contributed by atoms with E-state index < -0.39 is 0 Å². The van der Waals surface area contributed by atoms with Crippen LogP contribution in [-0.4, -0.2) is 0 Å². The molecule has 0 N–H and O–H groups in total. The van der Waals surface area contributed by atoms with E-state index in [1.165, 1.54) is 32.1 Å². The minimum Gasteiger partial charge on any atom is -0.0628 e. The van der Waals surface area contributed by atoms with Crippen molar-refractivity contribution in [1.82, 2.24) is 0 Å². The Hall–Kier alpha value is 0. The first-order valence-corrected chi connectivity index (χ1v) is 9.06. The van der Waals surface area contributed by atoms with Crippen LogP contribution in [0.5, 0.6) is 0 Å². The molecule has 0 rings (SSSR count). The van der Waals surface area contributed by atoms with Crippen LogP contribution in [0.1, 0.15) is 94.4 Å². The third-order valence-corrected chi connectivity index (χ3v) is 5.48. The molecular weight excluding hydrogens is 240 g/mol. The van der Waals surface area contributed by atoms with Gasteiger partial charge in [-0.15, -0.1) is 0 Å². The van der Waals surface area contributed by atoms with Gasteiger partial charge < -0.3 is 0 Å². The molecule has 0 bridgehead atoms. The van der Waals surface area contributed by atoms with Crippen molar-refractivity contribution < 1.29 is 0 Å². The molecule has 20 heavy (non-hydrogen) atoms. The van der Waals surface area contributed by atoms with Gasteiger partial charge in [0, 0.05) is 0 Å². The van der Waals surface area contributed by atoms with E-state index in [0.717, 1.165) is 29.6 Å². The Labute approximate surface area is 130 Å². The zero-order valence-corrected chi connectivity index (χ0v) is 15.9. The molecule has 0 fully saturated rings. The summed E-state index contributed by atoms with van der Waals surface area (Å²) in [6.45, 7) is 21.7. The second kappa shape index (κ2) is 9.11. The molecule has 0 aromatic heterocycles. The van der Waals surface area contributed by atoms with Crippen LogP contribution < -0.4 is 0 Å². The van der Waals surface area contributed by atoms with Crippen LogP contribution in [-0.2, 0) is 0 Å². The number of hydrogen-bond donors (Lipinski definition) is 0. The average Bonchev–Trinajstić information content (AvgIpc) is 2.26. The Morgan fingerprint density at radius 2 is 1.20 bits per heavy atom. The molecule has 0 aromatic carbocycles. The van der Waals surface area contributed by atoms with Crippen molar-refractivity contribution in [3.05, 3.63) is 0 Å². The highest BCUT2D eigenvalue weighted by Gasteiger charge is 2.28. The second-order valence-electron chi connectivity index (χ2n) is 9.00. The van der Waals surface area contributed by atoms with Gasteiger partial charge in [0.2, 0.25) is 0 Å². The summed E-state index contributed by atoms with van der Waals surface area (Å²) in [5, 5.41) is 0. The van der Waals surface area contributed by atoms with Gasteiger partial charge in [0.05, 0.1) is 0 Å². The maximum atomic E-state index is 2.48. The van der Waals surface area contributed by atoms with Gasteiger partial charge in [-0.05, 0) is 54.3 Å². The third kappa shape index (κ3) is 8.32. The van der Waals surface area contributed by atoms with E-state index in [0.29, 0.717) is 5.41 Å². The fourth-order valence-electron chi connectivity index (χ4n) is 3.30. The van der Waals surface area contributed by atoms with E-state index >= 15 is 0 Å². The minimum absolute atomic E-state index is 0.501. The van der Waals surface area contributed by atoms with Crippen molar-refractivity contribution in [2.45, 2.75) is 94.4 Å². The first kappa shape index (κ1) is 20.0. The molecule has 0 aromatic rings. The van der Waals surface area contributed by atoms with Gasteiger partial charge in [-0.1, -0.05) is 75.2 Å². The summed E-state index contributed by atoms with van der Waals surface area (Å²) in [6, 6.07) is 0. The Morgan fingerprint density at radius 1 is 0.700 bits per heavy atom. The van der Waals surface area contributed by atoms with Crippen molar-refractivity contribution in [2.24, 2.45) is 35.0 Å². The summed E-state index contributed by atoms with van der Waals surface area (Å²) >= 11 is 0. The number of rotatable bonds is 10. The van der Waals surface area contributed by atoms with Gasteiger partial charge in [0.1, 0.15) is 0 Å². The van der Waals surface area contributed by atoms with Gasteiger partial charge >= 0.3 is 0 Å². The van der Waals surface area contributed by atoms with Crippen molar-refractivity contribution in [3.63, 3.8) is 0 Å². The SMILES string of the molecule is CC(C)CCCC(C)(C)C(C)CC(C)C(C)CC(C)C. The van der Waals surface area contributed by atoms with Crippen molar-refractivity contribution in [3.8, 4) is 0 Å². The lowest BCUT2D eigenvalue weighted by Gasteiger charge is -2.35. The van der Waals surface area contributed by atoms with E-state index in [1.807, 2.05) is 0 Å². The Morgan fingerprint density at radius 3 is 1.65 bits per heavy atom. The maximum absolute atomic E-state index is 2.48. The fourth-order valence-corrected chi connectivity index (χ4v) is 3.30. The Bertz CT molecular complexity index is 236.